The number of furan rings is 1. The van der Waals surface area contributed by atoms with E-state index in [-0.39, 0.29) is 12.6 Å². The first-order valence-corrected chi connectivity index (χ1v) is 4.22. The van der Waals surface area contributed by atoms with Gasteiger partial charge in [0.05, 0.1) is 12.3 Å². The minimum absolute atomic E-state index is 0.228. The minimum atomic E-state index is 0.228. The molecule has 1 rings (SSSR count). The number of aliphatic hydroxyl groups excluding tert-OH is 1. The quantitative estimate of drug-likeness (QED) is 0.653. The van der Waals surface area contributed by atoms with Gasteiger partial charge in [0.15, 0.2) is 0 Å². The highest BCUT2D eigenvalue weighted by Gasteiger charge is 2.05. The van der Waals surface area contributed by atoms with Crippen molar-refractivity contribution < 1.29 is 9.52 Å². The highest BCUT2D eigenvalue weighted by molar-refractivity contribution is 5.02. The number of nitrogens with one attached hydrogen (secondary N) is 1. The molecule has 3 nitrogen and oxygen atoms in total. The molecule has 2 N–H and O–H groups in total. The van der Waals surface area contributed by atoms with Gasteiger partial charge in [-0.05, 0) is 32.0 Å². The van der Waals surface area contributed by atoms with E-state index in [1.807, 2.05) is 19.1 Å². The van der Waals surface area contributed by atoms with Gasteiger partial charge in [-0.25, -0.2) is 0 Å². The summed E-state index contributed by atoms with van der Waals surface area (Å²) in [5, 5.41) is 11.8. The Bertz CT molecular complexity index is 196. The molecule has 68 valence electrons. The van der Waals surface area contributed by atoms with Gasteiger partial charge in [0.1, 0.15) is 5.76 Å². The first kappa shape index (κ1) is 9.29. The van der Waals surface area contributed by atoms with Crippen molar-refractivity contribution in [1.82, 2.24) is 5.32 Å². The SMILES string of the molecule is CC(NCCCO)c1ccco1. The average Bonchev–Trinajstić information content (AvgIpc) is 2.56. The van der Waals surface area contributed by atoms with Gasteiger partial charge in [-0.3, -0.25) is 0 Å². The lowest BCUT2D eigenvalue weighted by atomic mass is 10.2. The van der Waals surface area contributed by atoms with Crippen molar-refractivity contribution in [1.29, 1.82) is 0 Å². The summed E-state index contributed by atoms with van der Waals surface area (Å²) in [6.45, 7) is 3.09. The Morgan fingerprint density at radius 1 is 1.67 bits per heavy atom. The standard InChI is InChI=1S/C9H15NO2/c1-8(10-5-3-6-11)9-4-2-7-12-9/h2,4,7-8,10-11H,3,5-6H2,1H3. The topological polar surface area (TPSA) is 45.4 Å². The Labute approximate surface area is 72.4 Å². The third-order valence-corrected chi connectivity index (χ3v) is 1.76. The van der Waals surface area contributed by atoms with Crippen LogP contribution in [0.1, 0.15) is 25.1 Å². The van der Waals surface area contributed by atoms with Gasteiger partial charge >= 0.3 is 0 Å². The molecule has 1 aromatic heterocycles. The highest BCUT2D eigenvalue weighted by Crippen LogP contribution is 2.11. The average molecular weight is 169 g/mol. The molecule has 1 aromatic rings. The fourth-order valence-electron chi connectivity index (χ4n) is 1.04. The Hall–Kier alpha value is -0.800. The van der Waals surface area contributed by atoms with Crippen LogP contribution in [0.5, 0.6) is 0 Å². The molecule has 0 aromatic carbocycles. The van der Waals surface area contributed by atoms with Crippen molar-refractivity contribution in [3.05, 3.63) is 24.2 Å². The smallest absolute Gasteiger partial charge is 0.120 e. The molecule has 12 heavy (non-hydrogen) atoms. The zero-order valence-corrected chi connectivity index (χ0v) is 7.29. The Kier molecular flexibility index (Phi) is 3.84. The molecule has 1 atom stereocenters. The summed E-state index contributed by atoms with van der Waals surface area (Å²) in [6, 6.07) is 4.04. The lowest BCUT2D eigenvalue weighted by Gasteiger charge is -2.09. The summed E-state index contributed by atoms with van der Waals surface area (Å²) in [5.74, 6) is 0.938. The number of rotatable bonds is 5. The van der Waals surface area contributed by atoms with E-state index >= 15 is 0 Å². The minimum Gasteiger partial charge on any atom is -0.468 e. The van der Waals surface area contributed by atoms with E-state index in [0.29, 0.717) is 0 Å². The monoisotopic (exact) mass is 169 g/mol. The molecule has 0 aliphatic heterocycles. The van der Waals surface area contributed by atoms with E-state index in [4.69, 9.17) is 9.52 Å². The third kappa shape index (κ3) is 2.68. The molecule has 0 spiro atoms. The number of aliphatic hydroxyl groups is 1. The predicted molar refractivity (Wildman–Crippen MR) is 46.8 cm³/mol. The summed E-state index contributed by atoms with van der Waals surface area (Å²) in [7, 11) is 0. The van der Waals surface area contributed by atoms with Crippen molar-refractivity contribution in [2.75, 3.05) is 13.2 Å². The molecule has 0 aliphatic carbocycles. The summed E-state index contributed by atoms with van der Waals surface area (Å²) in [6.07, 6.45) is 2.45. The lowest BCUT2D eigenvalue weighted by Crippen LogP contribution is -2.20. The van der Waals surface area contributed by atoms with Crippen molar-refractivity contribution in [2.45, 2.75) is 19.4 Å². The molecule has 0 fully saturated rings. The van der Waals surface area contributed by atoms with Gasteiger partial charge in [-0.1, -0.05) is 0 Å². The molecule has 0 amide bonds. The van der Waals surface area contributed by atoms with Gasteiger partial charge in [-0.2, -0.15) is 0 Å². The zero-order chi connectivity index (χ0) is 8.81. The second kappa shape index (κ2) is 4.95. The van der Waals surface area contributed by atoms with Crippen LogP contribution in [0.15, 0.2) is 22.8 Å². The van der Waals surface area contributed by atoms with Crippen LogP contribution in [0.3, 0.4) is 0 Å². The predicted octanol–water partition coefficient (Wildman–Crippen LogP) is 1.31. The van der Waals surface area contributed by atoms with E-state index in [1.165, 1.54) is 0 Å². The van der Waals surface area contributed by atoms with Crippen molar-refractivity contribution in [3.8, 4) is 0 Å². The van der Waals surface area contributed by atoms with Crippen LogP contribution in [-0.4, -0.2) is 18.3 Å². The summed E-state index contributed by atoms with van der Waals surface area (Å²) >= 11 is 0. The van der Waals surface area contributed by atoms with Gasteiger partial charge in [0.25, 0.3) is 0 Å². The molecule has 1 unspecified atom stereocenters. The third-order valence-electron chi connectivity index (χ3n) is 1.76. The summed E-state index contributed by atoms with van der Waals surface area (Å²) in [4.78, 5) is 0. The molecule has 1 heterocycles. The maximum Gasteiger partial charge on any atom is 0.120 e. The molecular formula is C9H15NO2. The molecule has 0 aliphatic rings. The Balaban J connectivity index is 2.25. The van der Waals surface area contributed by atoms with Crippen molar-refractivity contribution in [3.63, 3.8) is 0 Å². The van der Waals surface area contributed by atoms with Crippen LogP contribution in [0.4, 0.5) is 0 Å². The Morgan fingerprint density at radius 3 is 3.08 bits per heavy atom. The summed E-state index contributed by atoms with van der Waals surface area (Å²) in [5.41, 5.74) is 0. The molecule has 3 heteroatoms. The molecule has 0 radical (unpaired) electrons. The van der Waals surface area contributed by atoms with Crippen molar-refractivity contribution in [2.24, 2.45) is 0 Å². The van der Waals surface area contributed by atoms with Gasteiger partial charge < -0.3 is 14.8 Å². The van der Waals surface area contributed by atoms with Gasteiger partial charge in [0, 0.05) is 6.61 Å². The van der Waals surface area contributed by atoms with Gasteiger partial charge in [-0.15, -0.1) is 0 Å². The van der Waals surface area contributed by atoms with E-state index in [1.54, 1.807) is 6.26 Å². The maximum absolute atomic E-state index is 8.55. The lowest BCUT2D eigenvalue weighted by molar-refractivity contribution is 0.282. The van der Waals surface area contributed by atoms with Crippen LogP contribution in [-0.2, 0) is 0 Å². The fraction of sp³-hybridized carbons (Fsp3) is 0.556. The Morgan fingerprint density at radius 2 is 2.50 bits per heavy atom. The van der Waals surface area contributed by atoms with Crippen LogP contribution in [0.25, 0.3) is 0 Å². The van der Waals surface area contributed by atoms with Crippen LogP contribution in [0, 0.1) is 0 Å². The van der Waals surface area contributed by atoms with Crippen LogP contribution >= 0.6 is 0 Å². The largest absolute Gasteiger partial charge is 0.468 e. The normalized spacial score (nSPS) is 13.2. The molecule has 0 bridgehead atoms. The molecule has 0 saturated heterocycles. The van der Waals surface area contributed by atoms with Crippen molar-refractivity contribution >= 4 is 0 Å². The first-order chi connectivity index (χ1) is 5.84. The van der Waals surface area contributed by atoms with E-state index < -0.39 is 0 Å². The van der Waals surface area contributed by atoms with Crippen LogP contribution < -0.4 is 5.32 Å². The second-order valence-electron chi connectivity index (χ2n) is 2.77. The summed E-state index contributed by atoms with van der Waals surface area (Å²) < 4.78 is 5.20. The van der Waals surface area contributed by atoms with Crippen LogP contribution in [0.2, 0.25) is 0 Å². The molecule has 0 saturated carbocycles. The highest BCUT2D eigenvalue weighted by atomic mass is 16.3. The first-order valence-electron chi connectivity index (χ1n) is 4.22. The zero-order valence-electron chi connectivity index (χ0n) is 7.29. The maximum atomic E-state index is 8.55. The second-order valence-corrected chi connectivity index (χ2v) is 2.77. The number of hydrogen-bond acceptors (Lipinski definition) is 3. The number of hydrogen-bond donors (Lipinski definition) is 2. The van der Waals surface area contributed by atoms with E-state index in [0.717, 1.165) is 18.7 Å². The van der Waals surface area contributed by atoms with E-state index in [2.05, 4.69) is 5.32 Å². The van der Waals surface area contributed by atoms with Gasteiger partial charge in [0.2, 0.25) is 0 Å². The molecular weight excluding hydrogens is 154 g/mol. The van der Waals surface area contributed by atoms with E-state index in [9.17, 15) is 0 Å². The fourth-order valence-corrected chi connectivity index (χ4v) is 1.04.